The average molecular weight is 270 g/mol. The Balaban J connectivity index is 2.50. The molecule has 0 radical (unpaired) electrons. The van der Waals surface area contributed by atoms with Crippen molar-refractivity contribution in [2.75, 3.05) is 0 Å². The van der Waals surface area contributed by atoms with E-state index in [9.17, 15) is 17.6 Å². The van der Waals surface area contributed by atoms with Crippen LogP contribution in [0.2, 0.25) is 0 Å². The Morgan fingerprint density at radius 3 is 2.26 bits per heavy atom. The van der Waals surface area contributed by atoms with Crippen molar-refractivity contribution in [3.63, 3.8) is 0 Å². The van der Waals surface area contributed by atoms with Gasteiger partial charge in [-0.05, 0) is 23.8 Å². The van der Waals surface area contributed by atoms with Crippen molar-refractivity contribution < 1.29 is 17.6 Å². The lowest BCUT2D eigenvalue weighted by Gasteiger charge is -2.18. The second-order valence-electron chi connectivity index (χ2n) is 3.92. The van der Waals surface area contributed by atoms with Crippen molar-refractivity contribution in [1.82, 2.24) is 5.43 Å². The highest BCUT2D eigenvalue weighted by Gasteiger charge is 2.20. The Morgan fingerprint density at radius 2 is 1.63 bits per heavy atom. The second-order valence-corrected chi connectivity index (χ2v) is 3.92. The first kappa shape index (κ1) is 13.5. The summed E-state index contributed by atoms with van der Waals surface area (Å²) < 4.78 is 52.8. The van der Waals surface area contributed by atoms with Gasteiger partial charge in [0.2, 0.25) is 0 Å². The van der Waals surface area contributed by atoms with Gasteiger partial charge in [0.1, 0.15) is 0 Å². The van der Waals surface area contributed by atoms with Crippen LogP contribution >= 0.6 is 0 Å². The fraction of sp³-hybridized carbons (Fsp3) is 0.0769. The average Bonchev–Trinajstić information content (AvgIpc) is 2.39. The fourth-order valence-electron chi connectivity index (χ4n) is 1.80. The van der Waals surface area contributed by atoms with Crippen LogP contribution in [-0.4, -0.2) is 0 Å². The molecule has 2 aromatic carbocycles. The third-order valence-corrected chi connectivity index (χ3v) is 2.74. The lowest BCUT2D eigenvalue weighted by Crippen LogP contribution is -2.29. The summed E-state index contributed by atoms with van der Waals surface area (Å²) in [7, 11) is 0. The van der Waals surface area contributed by atoms with Crippen LogP contribution in [0.15, 0.2) is 36.4 Å². The third-order valence-electron chi connectivity index (χ3n) is 2.74. The molecule has 1 atom stereocenters. The highest BCUT2D eigenvalue weighted by Crippen LogP contribution is 2.26. The fourth-order valence-corrected chi connectivity index (χ4v) is 1.80. The lowest BCUT2D eigenvalue weighted by atomic mass is 9.98. The first-order chi connectivity index (χ1) is 9.04. The van der Waals surface area contributed by atoms with Gasteiger partial charge in [0.05, 0.1) is 6.04 Å². The zero-order valence-corrected chi connectivity index (χ0v) is 9.63. The van der Waals surface area contributed by atoms with Crippen molar-refractivity contribution in [2.24, 2.45) is 5.84 Å². The maximum absolute atomic E-state index is 13.7. The van der Waals surface area contributed by atoms with Crippen molar-refractivity contribution in [3.8, 4) is 0 Å². The van der Waals surface area contributed by atoms with Crippen LogP contribution in [-0.2, 0) is 0 Å². The molecule has 100 valence electrons. The van der Waals surface area contributed by atoms with E-state index in [1.807, 2.05) is 0 Å². The van der Waals surface area contributed by atoms with E-state index >= 15 is 0 Å². The van der Waals surface area contributed by atoms with E-state index in [-0.39, 0.29) is 11.1 Å². The molecule has 0 amide bonds. The molecule has 2 aromatic rings. The quantitative estimate of drug-likeness (QED) is 0.511. The second kappa shape index (κ2) is 5.38. The first-order valence-corrected chi connectivity index (χ1v) is 5.39. The van der Waals surface area contributed by atoms with Crippen molar-refractivity contribution in [2.45, 2.75) is 6.04 Å². The molecule has 3 N–H and O–H groups in total. The number of nitrogens with one attached hydrogen (secondary N) is 1. The molecule has 2 rings (SSSR count). The number of hydrazine groups is 1. The zero-order chi connectivity index (χ0) is 14.0. The minimum Gasteiger partial charge on any atom is -0.271 e. The smallest absolute Gasteiger partial charge is 0.163 e. The Hall–Kier alpha value is -1.92. The van der Waals surface area contributed by atoms with Gasteiger partial charge in [-0.1, -0.05) is 18.2 Å². The number of benzene rings is 2. The molecule has 0 aromatic heterocycles. The molecule has 0 aliphatic carbocycles. The van der Waals surface area contributed by atoms with Crippen LogP contribution < -0.4 is 11.3 Å². The Morgan fingerprint density at radius 1 is 0.895 bits per heavy atom. The third kappa shape index (κ3) is 2.59. The standard InChI is InChI=1S/C13H10F4N2/c14-9-5-4-7(6-11(9)16)13(19-18)8-2-1-3-10(15)12(8)17/h1-6,13,19H,18H2. The van der Waals surface area contributed by atoms with E-state index in [0.717, 1.165) is 18.2 Å². The molecule has 1 unspecified atom stereocenters. The summed E-state index contributed by atoms with van der Waals surface area (Å²) >= 11 is 0. The van der Waals surface area contributed by atoms with Gasteiger partial charge in [0, 0.05) is 5.56 Å². The molecule has 6 heteroatoms. The van der Waals surface area contributed by atoms with Gasteiger partial charge in [0.15, 0.2) is 23.3 Å². The van der Waals surface area contributed by atoms with Crippen molar-refractivity contribution in [1.29, 1.82) is 0 Å². The van der Waals surface area contributed by atoms with Gasteiger partial charge in [-0.3, -0.25) is 5.84 Å². The maximum Gasteiger partial charge on any atom is 0.163 e. The maximum atomic E-state index is 13.7. The van der Waals surface area contributed by atoms with E-state index in [1.165, 1.54) is 18.2 Å². The topological polar surface area (TPSA) is 38.0 Å². The number of halogens is 4. The Labute approximate surface area is 106 Å². The highest BCUT2D eigenvalue weighted by molar-refractivity contribution is 5.33. The number of hydrogen-bond donors (Lipinski definition) is 2. The molecule has 0 spiro atoms. The van der Waals surface area contributed by atoms with Gasteiger partial charge < -0.3 is 0 Å². The minimum atomic E-state index is -1.09. The zero-order valence-electron chi connectivity index (χ0n) is 9.63. The molecule has 0 heterocycles. The lowest BCUT2D eigenvalue weighted by molar-refractivity contribution is 0.479. The first-order valence-electron chi connectivity index (χ1n) is 5.39. The molecule has 2 nitrogen and oxygen atoms in total. The monoisotopic (exact) mass is 270 g/mol. The minimum absolute atomic E-state index is 0.0893. The van der Waals surface area contributed by atoms with E-state index < -0.39 is 29.3 Å². The molecule has 0 aliphatic heterocycles. The molecule has 0 saturated carbocycles. The summed E-state index contributed by atoms with van der Waals surface area (Å²) in [6.45, 7) is 0. The summed E-state index contributed by atoms with van der Waals surface area (Å²) in [6.07, 6.45) is 0. The van der Waals surface area contributed by atoms with E-state index in [1.54, 1.807) is 0 Å². The van der Waals surface area contributed by atoms with Crippen molar-refractivity contribution in [3.05, 3.63) is 70.8 Å². The van der Waals surface area contributed by atoms with Gasteiger partial charge in [-0.25, -0.2) is 23.0 Å². The number of nitrogens with two attached hydrogens (primary N) is 1. The summed E-state index contributed by atoms with van der Waals surface area (Å²) in [6, 6.07) is 5.61. The van der Waals surface area contributed by atoms with Crippen LogP contribution in [0, 0.1) is 23.3 Å². The Bertz CT molecular complexity index is 601. The molecule has 0 saturated heterocycles. The molecular weight excluding hydrogens is 260 g/mol. The van der Waals surface area contributed by atoms with E-state index in [2.05, 4.69) is 5.43 Å². The number of hydrogen-bond acceptors (Lipinski definition) is 2. The molecule has 19 heavy (non-hydrogen) atoms. The largest absolute Gasteiger partial charge is 0.271 e. The summed E-state index contributed by atoms with van der Waals surface area (Å²) in [5.41, 5.74) is 2.35. The van der Waals surface area contributed by atoms with Gasteiger partial charge in [0.25, 0.3) is 0 Å². The van der Waals surface area contributed by atoms with E-state index in [0.29, 0.717) is 0 Å². The van der Waals surface area contributed by atoms with Gasteiger partial charge in [-0.15, -0.1) is 0 Å². The summed E-state index contributed by atoms with van der Waals surface area (Å²) in [5.74, 6) is 1.04. The molecule has 0 bridgehead atoms. The SMILES string of the molecule is NNC(c1ccc(F)c(F)c1)c1cccc(F)c1F. The summed E-state index contributed by atoms with van der Waals surface area (Å²) in [4.78, 5) is 0. The van der Waals surface area contributed by atoms with Gasteiger partial charge in [-0.2, -0.15) is 0 Å². The molecule has 0 aliphatic rings. The van der Waals surface area contributed by atoms with Crippen LogP contribution in [0.4, 0.5) is 17.6 Å². The normalized spacial score (nSPS) is 12.5. The Kier molecular flexibility index (Phi) is 3.82. The molecular formula is C13H10F4N2. The predicted molar refractivity (Wildman–Crippen MR) is 61.9 cm³/mol. The number of rotatable bonds is 3. The van der Waals surface area contributed by atoms with E-state index in [4.69, 9.17) is 5.84 Å². The van der Waals surface area contributed by atoms with Crippen LogP contribution in [0.3, 0.4) is 0 Å². The van der Waals surface area contributed by atoms with Crippen LogP contribution in [0.25, 0.3) is 0 Å². The predicted octanol–water partition coefficient (Wildman–Crippen LogP) is 2.80. The van der Waals surface area contributed by atoms with Gasteiger partial charge >= 0.3 is 0 Å². The highest BCUT2D eigenvalue weighted by atomic mass is 19.2. The van der Waals surface area contributed by atoms with Crippen molar-refractivity contribution >= 4 is 0 Å². The van der Waals surface area contributed by atoms with Crippen LogP contribution in [0.5, 0.6) is 0 Å². The summed E-state index contributed by atoms with van der Waals surface area (Å²) in [5, 5.41) is 0. The van der Waals surface area contributed by atoms with Crippen LogP contribution in [0.1, 0.15) is 17.2 Å². The molecule has 0 fully saturated rings.